The Morgan fingerprint density at radius 1 is 0.889 bits per heavy atom. The van der Waals surface area contributed by atoms with Gasteiger partial charge in [-0.1, -0.05) is 32.1 Å². The molecule has 3 unspecified atom stereocenters. The van der Waals surface area contributed by atoms with E-state index >= 15 is 0 Å². The third kappa shape index (κ3) is 3.71. The molecule has 3 atom stereocenters. The molecule has 2 nitrogen and oxygen atoms in total. The molecule has 0 spiro atoms. The summed E-state index contributed by atoms with van der Waals surface area (Å²) in [6.45, 7) is 1.000. The minimum Gasteiger partial charge on any atom is -0.378 e. The van der Waals surface area contributed by atoms with Crippen molar-refractivity contribution in [2.24, 2.45) is 5.92 Å². The second kappa shape index (κ2) is 6.38. The maximum atomic E-state index is 5.98. The van der Waals surface area contributed by atoms with Crippen LogP contribution in [-0.4, -0.2) is 24.9 Å². The summed E-state index contributed by atoms with van der Waals surface area (Å²) in [7, 11) is 0. The lowest BCUT2D eigenvalue weighted by molar-refractivity contribution is 0.0258. The molecule has 2 saturated carbocycles. The average Bonchev–Trinajstić information content (AvgIpc) is 3.18. The quantitative estimate of drug-likeness (QED) is 0.525. The summed E-state index contributed by atoms with van der Waals surface area (Å²) < 4.78 is 11.6. The molecular formula is C16H28O2. The molecule has 2 heteroatoms. The fraction of sp³-hybridized carbons (Fsp3) is 1.00. The molecule has 0 amide bonds. The molecule has 1 aliphatic heterocycles. The molecule has 3 rings (SSSR count). The average molecular weight is 252 g/mol. The zero-order valence-electron chi connectivity index (χ0n) is 11.6. The Bertz CT molecular complexity index is 247. The van der Waals surface area contributed by atoms with Crippen molar-refractivity contribution in [1.29, 1.82) is 0 Å². The van der Waals surface area contributed by atoms with Crippen LogP contribution in [0.5, 0.6) is 0 Å². The van der Waals surface area contributed by atoms with Crippen molar-refractivity contribution in [2.45, 2.75) is 88.9 Å². The minimum atomic E-state index is 0.592. The molecule has 0 aromatic heterocycles. The lowest BCUT2D eigenvalue weighted by atomic mass is 9.86. The third-order valence-corrected chi connectivity index (χ3v) is 5.03. The predicted molar refractivity (Wildman–Crippen MR) is 72.7 cm³/mol. The van der Waals surface area contributed by atoms with Crippen LogP contribution in [0.25, 0.3) is 0 Å². The van der Waals surface area contributed by atoms with Crippen LogP contribution >= 0.6 is 0 Å². The van der Waals surface area contributed by atoms with Gasteiger partial charge in [-0.3, -0.25) is 0 Å². The lowest BCUT2D eigenvalue weighted by Crippen LogP contribution is -2.17. The number of fused-ring (bicyclic) bond motifs is 1. The van der Waals surface area contributed by atoms with Crippen molar-refractivity contribution in [3.05, 3.63) is 0 Å². The predicted octanol–water partition coefficient (Wildman–Crippen LogP) is 4.07. The fourth-order valence-electron chi connectivity index (χ4n) is 3.77. The highest BCUT2D eigenvalue weighted by Crippen LogP contribution is 2.41. The number of hydrogen-bond acceptors (Lipinski definition) is 2. The summed E-state index contributed by atoms with van der Waals surface area (Å²) in [6.07, 6.45) is 16.8. The van der Waals surface area contributed by atoms with Crippen molar-refractivity contribution in [1.82, 2.24) is 0 Å². The molecule has 1 saturated heterocycles. The number of hydrogen-bond donors (Lipinski definition) is 0. The summed E-state index contributed by atoms with van der Waals surface area (Å²) in [5, 5.41) is 0. The molecule has 0 N–H and O–H groups in total. The van der Waals surface area contributed by atoms with Gasteiger partial charge < -0.3 is 9.47 Å². The van der Waals surface area contributed by atoms with Crippen molar-refractivity contribution in [2.75, 3.05) is 6.61 Å². The zero-order chi connectivity index (χ0) is 12.2. The van der Waals surface area contributed by atoms with Gasteiger partial charge in [0.2, 0.25) is 0 Å². The van der Waals surface area contributed by atoms with Gasteiger partial charge in [-0.15, -0.1) is 0 Å². The number of rotatable bonds is 6. The van der Waals surface area contributed by atoms with Crippen molar-refractivity contribution in [3.8, 4) is 0 Å². The second-order valence-corrected chi connectivity index (χ2v) is 6.52. The molecule has 0 aromatic carbocycles. The van der Waals surface area contributed by atoms with E-state index in [1.807, 2.05) is 0 Å². The Morgan fingerprint density at radius 3 is 2.61 bits per heavy atom. The van der Waals surface area contributed by atoms with Crippen molar-refractivity contribution in [3.63, 3.8) is 0 Å². The van der Waals surface area contributed by atoms with Gasteiger partial charge in [-0.2, -0.15) is 0 Å². The van der Waals surface area contributed by atoms with Crippen LogP contribution in [0.3, 0.4) is 0 Å². The second-order valence-electron chi connectivity index (χ2n) is 6.52. The van der Waals surface area contributed by atoms with Crippen molar-refractivity contribution < 1.29 is 9.47 Å². The molecule has 0 radical (unpaired) electrons. The maximum Gasteiger partial charge on any atom is 0.0844 e. The van der Waals surface area contributed by atoms with Crippen LogP contribution in [0.15, 0.2) is 0 Å². The van der Waals surface area contributed by atoms with Gasteiger partial charge in [0.25, 0.3) is 0 Å². The number of unbranched alkanes of at least 4 members (excludes halogenated alkanes) is 1. The maximum absolute atomic E-state index is 5.98. The van der Waals surface area contributed by atoms with Crippen molar-refractivity contribution >= 4 is 0 Å². The molecule has 18 heavy (non-hydrogen) atoms. The third-order valence-electron chi connectivity index (χ3n) is 5.03. The summed E-state index contributed by atoms with van der Waals surface area (Å²) in [6, 6.07) is 0. The SMILES string of the molecule is C1CCC(OCCCCC2CCC3OC3C2)CC1. The van der Waals surface area contributed by atoms with E-state index in [0.29, 0.717) is 18.3 Å². The number of ether oxygens (including phenoxy) is 2. The summed E-state index contributed by atoms with van der Waals surface area (Å²) in [5.74, 6) is 0.948. The van der Waals surface area contributed by atoms with E-state index in [1.54, 1.807) is 0 Å². The standard InChI is InChI=1S/C16H28O2/c1-2-7-14(8-3-1)17-11-5-4-6-13-9-10-15-16(12-13)18-15/h13-16H,1-12H2. The van der Waals surface area contributed by atoms with E-state index in [2.05, 4.69) is 0 Å². The molecule has 3 aliphatic rings. The first-order valence-corrected chi connectivity index (χ1v) is 8.19. The van der Waals surface area contributed by atoms with Gasteiger partial charge in [0.1, 0.15) is 0 Å². The molecule has 104 valence electrons. The Morgan fingerprint density at radius 2 is 1.78 bits per heavy atom. The molecule has 3 fully saturated rings. The fourth-order valence-corrected chi connectivity index (χ4v) is 3.77. The van der Waals surface area contributed by atoms with E-state index in [-0.39, 0.29) is 0 Å². The summed E-state index contributed by atoms with van der Waals surface area (Å²) >= 11 is 0. The largest absolute Gasteiger partial charge is 0.378 e. The lowest BCUT2D eigenvalue weighted by Gasteiger charge is -2.22. The van der Waals surface area contributed by atoms with Crippen LogP contribution in [0.4, 0.5) is 0 Å². The highest BCUT2D eigenvalue weighted by molar-refractivity contribution is 4.91. The van der Waals surface area contributed by atoms with Crippen LogP contribution in [0.2, 0.25) is 0 Å². The highest BCUT2D eigenvalue weighted by atomic mass is 16.6. The van der Waals surface area contributed by atoms with E-state index < -0.39 is 0 Å². The Labute approximate surface area is 111 Å². The molecule has 0 aromatic rings. The molecular weight excluding hydrogens is 224 g/mol. The monoisotopic (exact) mass is 252 g/mol. The Kier molecular flexibility index (Phi) is 4.58. The highest BCUT2D eigenvalue weighted by Gasteiger charge is 2.43. The van der Waals surface area contributed by atoms with E-state index in [4.69, 9.17) is 9.47 Å². The van der Waals surface area contributed by atoms with E-state index in [1.165, 1.54) is 70.6 Å². The summed E-state index contributed by atoms with van der Waals surface area (Å²) in [5.41, 5.74) is 0. The summed E-state index contributed by atoms with van der Waals surface area (Å²) in [4.78, 5) is 0. The van der Waals surface area contributed by atoms with Gasteiger partial charge in [0, 0.05) is 6.61 Å². The topological polar surface area (TPSA) is 21.8 Å². The zero-order valence-corrected chi connectivity index (χ0v) is 11.6. The van der Waals surface area contributed by atoms with Gasteiger partial charge >= 0.3 is 0 Å². The number of epoxide rings is 1. The first kappa shape index (κ1) is 12.9. The first-order valence-electron chi connectivity index (χ1n) is 8.19. The van der Waals surface area contributed by atoms with Gasteiger partial charge in [-0.05, 0) is 44.4 Å². The van der Waals surface area contributed by atoms with Crippen LogP contribution in [-0.2, 0) is 9.47 Å². The molecule has 2 aliphatic carbocycles. The van der Waals surface area contributed by atoms with Crippen LogP contribution in [0, 0.1) is 5.92 Å². The Hall–Kier alpha value is -0.0800. The van der Waals surface area contributed by atoms with Crippen LogP contribution < -0.4 is 0 Å². The van der Waals surface area contributed by atoms with Gasteiger partial charge in [-0.25, -0.2) is 0 Å². The Balaban J connectivity index is 1.20. The van der Waals surface area contributed by atoms with Gasteiger partial charge in [0.15, 0.2) is 0 Å². The van der Waals surface area contributed by atoms with E-state index in [0.717, 1.165) is 12.5 Å². The van der Waals surface area contributed by atoms with Crippen LogP contribution in [0.1, 0.15) is 70.6 Å². The first-order chi connectivity index (χ1) is 8.92. The van der Waals surface area contributed by atoms with E-state index in [9.17, 15) is 0 Å². The minimum absolute atomic E-state index is 0.592. The molecule has 1 heterocycles. The van der Waals surface area contributed by atoms with Gasteiger partial charge in [0.05, 0.1) is 18.3 Å². The molecule has 0 bridgehead atoms. The smallest absolute Gasteiger partial charge is 0.0844 e. The normalized spacial score (nSPS) is 36.3.